The Morgan fingerprint density at radius 1 is 1.62 bits per heavy atom. The standard InChI is InChI=1S/C7H11N3O2S/c11-6-8-9-7(13)10(6)4-5-2-1-3-12-5/h5H,1-4H2,(H,8,11)(H,9,13). The van der Waals surface area contributed by atoms with Gasteiger partial charge in [-0.25, -0.2) is 9.89 Å². The van der Waals surface area contributed by atoms with Gasteiger partial charge in [-0.05, 0) is 25.1 Å². The molecule has 0 aliphatic carbocycles. The fraction of sp³-hybridized carbons (Fsp3) is 0.714. The van der Waals surface area contributed by atoms with Crippen LogP contribution in [-0.4, -0.2) is 27.5 Å². The van der Waals surface area contributed by atoms with E-state index in [0.717, 1.165) is 19.4 Å². The molecule has 1 aliphatic rings. The summed E-state index contributed by atoms with van der Waals surface area (Å²) in [7, 11) is 0. The van der Waals surface area contributed by atoms with Crippen molar-refractivity contribution in [3.63, 3.8) is 0 Å². The number of ether oxygens (including phenoxy) is 1. The van der Waals surface area contributed by atoms with E-state index in [1.54, 1.807) is 0 Å². The van der Waals surface area contributed by atoms with E-state index < -0.39 is 0 Å². The van der Waals surface area contributed by atoms with Gasteiger partial charge in [0, 0.05) is 6.61 Å². The lowest BCUT2D eigenvalue weighted by molar-refractivity contribution is 0.0958. The first-order chi connectivity index (χ1) is 6.27. The normalized spacial score (nSPS) is 22.3. The summed E-state index contributed by atoms with van der Waals surface area (Å²) in [5, 5.41) is 5.03. The second-order valence-corrected chi connectivity index (χ2v) is 3.49. The molecular formula is C7H11N3O2S. The molecular weight excluding hydrogens is 190 g/mol. The Labute approximate surface area is 79.7 Å². The first kappa shape index (κ1) is 8.71. The van der Waals surface area contributed by atoms with Crippen LogP contribution in [0.4, 0.5) is 0 Å². The molecule has 1 atom stereocenters. The SMILES string of the molecule is O=c1[nH][nH]c(=S)n1CC1CCCO1. The van der Waals surface area contributed by atoms with Crippen LogP contribution in [0.5, 0.6) is 0 Å². The minimum atomic E-state index is -0.194. The smallest absolute Gasteiger partial charge is 0.342 e. The highest BCUT2D eigenvalue weighted by atomic mass is 32.1. The molecule has 13 heavy (non-hydrogen) atoms. The van der Waals surface area contributed by atoms with Gasteiger partial charge in [-0.15, -0.1) is 0 Å². The average Bonchev–Trinajstić information content (AvgIpc) is 2.70. The molecule has 1 saturated heterocycles. The molecule has 1 aromatic heterocycles. The topological polar surface area (TPSA) is 62.8 Å². The number of rotatable bonds is 2. The molecule has 0 radical (unpaired) electrons. The molecule has 0 bridgehead atoms. The van der Waals surface area contributed by atoms with Crippen molar-refractivity contribution < 1.29 is 4.74 Å². The lowest BCUT2D eigenvalue weighted by atomic mass is 10.2. The maximum absolute atomic E-state index is 11.2. The van der Waals surface area contributed by atoms with Crippen molar-refractivity contribution in [3.8, 4) is 0 Å². The highest BCUT2D eigenvalue weighted by molar-refractivity contribution is 7.71. The zero-order valence-corrected chi connectivity index (χ0v) is 7.89. The maximum Gasteiger partial charge on any atom is 0.342 e. The third-order valence-electron chi connectivity index (χ3n) is 2.18. The number of aromatic amines is 2. The van der Waals surface area contributed by atoms with Crippen LogP contribution in [0.2, 0.25) is 0 Å². The van der Waals surface area contributed by atoms with Crippen LogP contribution in [-0.2, 0) is 11.3 Å². The van der Waals surface area contributed by atoms with Gasteiger partial charge in [0.25, 0.3) is 0 Å². The van der Waals surface area contributed by atoms with Gasteiger partial charge < -0.3 is 4.74 Å². The summed E-state index contributed by atoms with van der Waals surface area (Å²) in [5.74, 6) is 0. The molecule has 2 rings (SSSR count). The third kappa shape index (κ3) is 1.73. The molecule has 0 aromatic carbocycles. The number of nitrogens with zero attached hydrogens (tertiary/aromatic N) is 1. The van der Waals surface area contributed by atoms with Gasteiger partial charge in [0.15, 0.2) is 4.77 Å². The van der Waals surface area contributed by atoms with E-state index in [-0.39, 0.29) is 11.8 Å². The molecule has 0 saturated carbocycles. The lowest BCUT2D eigenvalue weighted by Gasteiger charge is -2.07. The highest BCUT2D eigenvalue weighted by Crippen LogP contribution is 2.12. The summed E-state index contributed by atoms with van der Waals surface area (Å²) in [5.41, 5.74) is -0.194. The van der Waals surface area contributed by atoms with E-state index in [4.69, 9.17) is 17.0 Å². The molecule has 5 nitrogen and oxygen atoms in total. The predicted octanol–water partition coefficient (Wildman–Crippen LogP) is 0.413. The fourth-order valence-corrected chi connectivity index (χ4v) is 1.70. The predicted molar refractivity (Wildman–Crippen MR) is 49.2 cm³/mol. The van der Waals surface area contributed by atoms with Gasteiger partial charge in [0.2, 0.25) is 0 Å². The largest absolute Gasteiger partial charge is 0.376 e. The van der Waals surface area contributed by atoms with E-state index in [9.17, 15) is 4.79 Å². The Morgan fingerprint density at radius 2 is 2.46 bits per heavy atom. The molecule has 0 spiro atoms. The summed E-state index contributed by atoms with van der Waals surface area (Å²) >= 11 is 4.93. The molecule has 72 valence electrons. The number of aromatic nitrogens is 3. The Bertz CT molecular complexity index is 357. The van der Waals surface area contributed by atoms with Gasteiger partial charge in [-0.3, -0.25) is 9.67 Å². The minimum Gasteiger partial charge on any atom is -0.376 e. The number of H-pyrrole nitrogens is 2. The van der Waals surface area contributed by atoms with E-state index in [0.29, 0.717) is 11.3 Å². The molecule has 2 N–H and O–H groups in total. The first-order valence-corrected chi connectivity index (χ1v) is 4.67. The van der Waals surface area contributed by atoms with E-state index in [1.165, 1.54) is 4.57 Å². The monoisotopic (exact) mass is 201 g/mol. The van der Waals surface area contributed by atoms with Crippen LogP contribution in [0, 0.1) is 4.77 Å². The molecule has 1 aliphatic heterocycles. The Kier molecular flexibility index (Phi) is 2.32. The minimum absolute atomic E-state index is 0.142. The Hall–Kier alpha value is -0.880. The van der Waals surface area contributed by atoms with Crippen molar-refractivity contribution in [2.75, 3.05) is 6.61 Å². The van der Waals surface area contributed by atoms with E-state index in [2.05, 4.69) is 10.2 Å². The number of hydrogen-bond donors (Lipinski definition) is 2. The van der Waals surface area contributed by atoms with Crippen molar-refractivity contribution in [3.05, 3.63) is 15.3 Å². The Balaban J connectivity index is 2.17. The number of nitrogens with one attached hydrogen (secondary N) is 2. The first-order valence-electron chi connectivity index (χ1n) is 4.26. The zero-order valence-electron chi connectivity index (χ0n) is 7.08. The van der Waals surface area contributed by atoms with Crippen LogP contribution in [0.25, 0.3) is 0 Å². The third-order valence-corrected chi connectivity index (χ3v) is 2.50. The van der Waals surface area contributed by atoms with Crippen molar-refractivity contribution in [1.29, 1.82) is 0 Å². The van der Waals surface area contributed by atoms with Crippen molar-refractivity contribution in [2.45, 2.75) is 25.5 Å². The Morgan fingerprint density at radius 3 is 3.00 bits per heavy atom. The molecule has 1 aromatic rings. The van der Waals surface area contributed by atoms with Crippen LogP contribution in [0.15, 0.2) is 4.79 Å². The van der Waals surface area contributed by atoms with Gasteiger partial charge in [0.05, 0.1) is 12.6 Å². The summed E-state index contributed by atoms with van der Waals surface area (Å²) in [4.78, 5) is 11.2. The van der Waals surface area contributed by atoms with Gasteiger partial charge in [-0.2, -0.15) is 0 Å². The van der Waals surface area contributed by atoms with Gasteiger partial charge in [0.1, 0.15) is 0 Å². The lowest BCUT2D eigenvalue weighted by Crippen LogP contribution is -2.24. The summed E-state index contributed by atoms with van der Waals surface area (Å²) in [6, 6.07) is 0. The van der Waals surface area contributed by atoms with Crippen molar-refractivity contribution in [1.82, 2.24) is 14.8 Å². The van der Waals surface area contributed by atoms with Gasteiger partial charge >= 0.3 is 5.69 Å². The maximum atomic E-state index is 11.2. The second kappa shape index (κ2) is 3.47. The van der Waals surface area contributed by atoms with Gasteiger partial charge in [-0.1, -0.05) is 0 Å². The summed E-state index contributed by atoms with van der Waals surface area (Å²) in [6.45, 7) is 1.35. The molecule has 6 heteroatoms. The number of hydrogen-bond acceptors (Lipinski definition) is 3. The average molecular weight is 201 g/mol. The van der Waals surface area contributed by atoms with Crippen LogP contribution in [0.3, 0.4) is 0 Å². The highest BCUT2D eigenvalue weighted by Gasteiger charge is 2.17. The molecule has 1 fully saturated rings. The second-order valence-electron chi connectivity index (χ2n) is 3.11. The van der Waals surface area contributed by atoms with Crippen LogP contribution in [0.1, 0.15) is 12.8 Å². The van der Waals surface area contributed by atoms with Crippen molar-refractivity contribution in [2.24, 2.45) is 0 Å². The van der Waals surface area contributed by atoms with E-state index >= 15 is 0 Å². The van der Waals surface area contributed by atoms with Crippen LogP contribution >= 0.6 is 12.2 Å². The zero-order chi connectivity index (χ0) is 9.26. The molecule has 2 heterocycles. The van der Waals surface area contributed by atoms with Crippen molar-refractivity contribution >= 4 is 12.2 Å². The fourth-order valence-electron chi connectivity index (χ4n) is 1.49. The quantitative estimate of drug-likeness (QED) is 0.681. The molecule has 0 amide bonds. The van der Waals surface area contributed by atoms with Crippen LogP contribution < -0.4 is 5.69 Å². The van der Waals surface area contributed by atoms with E-state index in [1.807, 2.05) is 0 Å². The molecule has 1 unspecified atom stereocenters. The summed E-state index contributed by atoms with van der Waals surface area (Å²) in [6.07, 6.45) is 2.22. The summed E-state index contributed by atoms with van der Waals surface area (Å²) < 4.78 is 7.32.